The molecule has 61 heavy (non-hydrogen) atoms. The predicted octanol–water partition coefficient (Wildman–Crippen LogP) is 2.55. The van der Waals surface area contributed by atoms with Gasteiger partial charge in [0, 0.05) is 81.3 Å². The molecule has 5 rings (SSSR count). The van der Waals surface area contributed by atoms with Crippen LogP contribution < -0.4 is 19.9 Å². The molecule has 0 atom stereocenters. The van der Waals surface area contributed by atoms with Gasteiger partial charge >= 0.3 is 11.9 Å². The maximum Gasteiger partial charge on any atom is 0.345 e. The third-order valence-corrected chi connectivity index (χ3v) is 10.3. The first-order chi connectivity index (χ1) is 29.3. The topological polar surface area (TPSA) is 237 Å². The second-order valence-corrected chi connectivity index (χ2v) is 15.5. The minimum Gasteiger partial charge on any atom is -0.748 e. The standard InChI is InChI=1S/C42H48N4O14S/c1-28-25-29(41(51)44-18-21-57-20-17-43-35(47)13-7-14-38(50)60-46-36(48)15-16-37(46)49)26-30(27-58-23-22-56-2)40(28)59-42(52)39-31-9-3-5-11-33(31)45(19-8-24-61(53,54)55)34-12-6-4-10-32(34)39/h3-6,9-12,25-26H,7-8,13-24,27H2,1-2H3,(H2-,43,44,47,51,53,54,55). The van der Waals surface area contributed by atoms with E-state index in [1.165, 1.54) is 7.11 Å². The number of nitrogens with one attached hydrogen (secondary N) is 2. The number of para-hydroxylation sites is 2. The first kappa shape index (κ1) is 46.2. The number of esters is 1. The molecule has 4 amide bonds. The monoisotopic (exact) mass is 864 g/mol. The number of hydrogen-bond donors (Lipinski definition) is 2. The first-order valence-electron chi connectivity index (χ1n) is 19.7. The number of amides is 4. The van der Waals surface area contributed by atoms with Crippen LogP contribution in [0.3, 0.4) is 0 Å². The third kappa shape index (κ3) is 13.1. The second-order valence-electron chi connectivity index (χ2n) is 14.0. The van der Waals surface area contributed by atoms with Crippen molar-refractivity contribution in [1.82, 2.24) is 15.7 Å². The molecular formula is C42H48N4O14S. The minimum atomic E-state index is -4.42. The normalized spacial score (nSPS) is 12.9. The number of hydroxylamine groups is 2. The van der Waals surface area contributed by atoms with Crippen LogP contribution in [0.15, 0.2) is 60.7 Å². The molecule has 0 bridgehead atoms. The molecule has 0 saturated carbocycles. The maximum absolute atomic E-state index is 14.3. The highest BCUT2D eigenvalue weighted by Crippen LogP contribution is 2.31. The predicted molar refractivity (Wildman–Crippen MR) is 216 cm³/mol. The highest BCUT2D eigenvalue weighted by Gasteiger charge is 2.33. The Kier molecular flexibility index (Phi) is 16.8. The van der Waals surface area contributed by atoms with Crippen LogP contribution in [0.2, 0.25) is 0 Å². The summed E-state index contributed by atoms with van der Waals surface area (Å²) in [4.78, 5) is 79.5. The van der Waals surface area contributed by atoms with Crippen LogP contribution in [0.1, 0.15) is 70.4 Å². The molecule has 3 aromatic carbocycles. The lowest BCUT2D eigenvalue weighted by molar-refractivity contribution is -0.645. The van der Waals surface area contributed by atoms with Gasteiger partial charge in [-0.15, -0.1) is 5.06 Å². The van der Waals surface area contributed by atoms with Crippen molar-refractivity contribution in [2.24, 2.45) is 0 Å². The lowest BCUT2D eigenvalue weighted by Gasteiger charge is -2.17. The molecule has 0 aliphatic carbocycles. The van der Waals surface area contributed by atoms with Gasteiger partial charge in [0.15, 0.2) is 6.54 Å². The zero-order valence-electron chi connectivity index (χ0n) is 33.9. The van der Waals surface area contributed by atoms with Crippen LogP contribution in [-0.4, -0.2) is 106 Å². The second kappa shape index (κ2) is 22.1. The summed E-state index contributed by atoms with van der Waals surface area (Å²) in [6.45, 7) is 3.08. The van der Waals surface area contributed by atoms with Crippen molar-refractivity contribution in [2.75, 3.05) is 52.4 Å². The summed E-state index contributed by atoms with van der Waals surface area (Å²) in [6, 6.07) is 17.5. The van der Waals surface area contributed by atoms with E-state index < -0.39 is 45.5 Å². The van der Waals surface area contributed by atoms with E-state index in [2.05, 4.69) is 10.6 Å². The van der Waals surface area contributed by atoms with Crippen molar-refractivity contribution in [3.05, 3.63) is 82.9 Å². The van der Waals surface area contributed by atoms with Gasteiger partial charge in [-0.3, -0.25) is 19.2 Å². The fourth-order valence-electron chi connectivity index (χ4n) is 6.67. The van der Waals surface area contributed by atoms with E-state index in [9.17, 15) is 41.7 Å². The number of benzene rings is 3. The Bertz CT molecular complexity index is 2310. The van der Waals surface area contributed by atoms with Crippen molar-refractivity contribution in [3.63, 3.8) is 0 Å². The van der Waals surface area contributed by atoms with Crippen molar-refractivity contribution >= 4 is 67.5 Å². The third-order valence-electron chi connectivity index (χ3n) is 9.49. The number of fused-ring (bicyclic) bond motifs is 2. The molecule has 2 N–H and O–H groups in total. The van der Waals surface area contributed by atoms with Crippen molar-refractivity contribution in [2.45, 2.75) is 58.6 Å². The first-order valence-corrected chi connectivity index (χ1v) is 21.2. The summed E-state index contributed by atoms with van der Waals surface area (Å²) in [5.41, 5.74) is 2.78. The lowest BCUT2D eigenvalue weighted by atomic mass is 10.0. The highest BCUT2D eigenvalue weighted by atomic mass is 32.2. The molecule has 326 valence electrons. The average molecular weight is 865 g/mol. The maximum atomic E-state index is 14.3. The molecule has 0 spiro atoms. The smallest absolute Gasteiger partial charge is 0.345 e. The van der Waals surface area contributed by atoms with Crippen LogP contribution in [0.25, 0.3) is 21.8 Å². The molecule has 1 aliphatic rings. The quantitative estimate of drug-likeness (QED) is 0.0207. The van der Waals surface area contributed by atoms with Gasteiger partial charge in [-0.1, -0.05) is 24.3 Å². The highest BCUT2D eigenvalue weighted by molar-refractivity contribution is 7.85. The van der Waals surface area contributed by atoms with Gasteiger partial charge in [-0.2, -0.15) is 4.57 Å². The molecule has 2 heterocycles. The molecule has 0 unspecified atom stereocenters. The van der Waals surface area contributed by atoms with E-state index in [4.69, 9.17) is 23.8 Å². The number of methoxy groups -OCH3 is 1. The molecule has 19 heteroatoms. The largest absolute Gasteiger partial charge is 0.748 e. The van der Waals surface area contributed by atoms with Gasteiger partial charge < -0.3 is 39.0 Å². The Morgan fingerprint density at radius 2 is 1.46 bits per heavy atom. The molecule has 1 aliphatic heterocycles. The van der Waals surface area contributed by atoms with E-state index in [1.807, 2.05) is 4.57 Å². The number of carbonyl (C=O) groups excluding carboxylic acids is 6. The lowest BCUT2D eigenvalue weighted by Crippen LogP contribution is -2.37. The number of aromatic nitrogens is 1. The van der Waals surface area contributed by atoms with Gasteiger partial charge in [0.05, 0.1) is 59.5 Å². The molecular weight excluding hydrogens is 817 g/mol. The fraction of sp³-hybridized carbons (Fsp3) is 0.405. The van der Waals surface area contributed by atoms with Crippen LogP contribution in [0, 0.1) is 6.92 Å². The summed E-state index contributed by atoms with van der Waals surface area (Å²) in [7, 11) is -2.89. The van der Waals surface area contributed by atoms with E-state index in [0.717, 1.165) is 0 Å². The Hall–Kier alpha value is -5.86. The number of carbonyl (C=O) groups is 6. The van der Waals surface area contributed by atoms with E-state index in [1.54, 1.807) is 67.6 Å². The van der Waals surface area contributed by atoms with E-state index >= 15 is 0 Å². The number of nitrogens with zero attached hydrogens (tertiary/aromatic N) is 2. The van der Waals surface area contributed by atoms with E-state index in [-0.39, 0.29) is 107 Å². The molecule has 0 radical (unpaired) electrons. The number of pyridine rings is 1. The summed E-state index contributed by atoms with van der Waals surface area (Å²) < 4.78 is 58.5. The van der Waals surface area contributed by atoms with E-state index in [0.29, 0.717) is 44.6 Å². The zero-order valence-corrected chi connectivity index (χ0v) is 34.7. The Morgan fingerprint density at radius 1 is 0.820 bits per heavy atom. The molecule has 1 saturated heterocycles. The zero-order chi connectivity index (χ0) is 43.9. The van der Waals surface area contributed by atoms with Crippen LogP contribution >= 0.6 is 0 Å². The van der Waals surface area contributed by atoms with Gasteiger partial charge in [-0.05, 0) is 43.2 Å². The molecule has 4 aromatic rings. The summed E-state index contributed by atoms with van der Waals surface area (Å²) in [6.07, 6.45) is 0.0944. The summed E-state index contributed by atoms with van der Waals surface area (Å²) in [5.74, 6) is -3.65. The number of aryl methyl sites for hydroxylation is 2. The van der Waals surface area contributed by atoms with Crippen molar-refractivity contribution < 1.29 is 70.1 Å². The Morgan fingerprint density at radius 3 is 2.10 bits per heavy atom. The van der Waals surface area contributed by atoms with Gasteiger partial charge in [0.2, 0.25) is 16.9 Å². The molecule has 1 aromatic heterocycles. The van der Waals surface area contributed by atoms with Crippen LogP contribution in [-0.2, 0) is 61.5 Å². The Balaban J connectivity index is 1.18. The molecule has 1 fully saturated rings. The number of rotatable bonds is 23. The van der Waals surface area contributed by atoms with Crippen molar-refractivity contribution in [1.29, 1.82) is 0 Å². The molecule has 18 nitrogen and oxygen atoms in total. The van der Waals surface area contributed by atoms with Crippen molar-refractivity contribution in [3.8, 4) is 5.75 Å². The van der Waals surface area contributed by atoms with Gasteiger partial charge in [0.1, 0.15) is 5.75 Å². The summed E-state index contributed by atoms with van der Waals surface area (Å²) >= 11 is 0. The average Bonchev–Trinajstić information content (AvgIpc) is 3.54. The fourth-order valence-corrected chi connectivity index (χ4v) is 7.15. The summed E-state index contributed by atoms with van der Waals surface area (Å²) in [5, 5.41) is 7.03. The van der Waals surface area contributed by atoms with Crippen LogP contribution in [0.4, 0.5) is 0 Å². The number of ether oxygens (including phenoxy) is 4. The number of imide groups is 1. The SMILES string of the molecule is COCCOCc1cc(C(=O)NCCOCCNC(=O)CCCC(=O)ON2C(=O)CCC2=O)cc(C)c1OC(=O)c1c2ccccc2[n+](CCCS(=O)(=O)[O-])c2ccccc12. The minimum absolute atomic E-state index is 0.00610. The number of hydrogen-bond acceptors (Lipinski definition) is 14. The Labute approximate surface area is 352 Å². The van der Waals surface area contributed by atoms with Crippen LogP contribution in [0.5, 0.6) is 5.75 Å². The van der Waals surface area contributed by atoms with Gasteiger partial charge in [-0.25, -0.2) is 18.0 Å². The van der Waals surface area contributed by atoms with Gasteiger partial charge in [0.25, 0.3) is 17.7 Å².